The maximum atomic E-state index is 13.3. The highest BCUT2D eigenvalue weighted by molar-refractivity contribution is 6.11. The highest BCUT2D eigenvalue weighted by Gasteiger charge is 2.41. The molecule has 0 spiro atoms. The summed E-state index contributed by atoms with van der Waals surface area (Å²) in [7, 11) is 0. The lowest BCUT2D eigenvalue weighted by atomic mass is 9.87. The summed E-state index contributed by atoms with van der Waals surface area (Å²) in [4.78, 5) is 43.7. The number of hydroxylamine groups is 2. The molecular weight excluding hydrogens is 437 g/mol. The summed E-state index contributed by atoms with van der Waals surface area (Å²) < 4.78 is 13.2. The molecule has 0 saturated heterocycles. The molecule has 1 heterocycles. The molecule has 0 fully saturated rings. The number of hydrogen-bond acceptors (Lipinski definition) is 4. The molecule has 3 rings (SSSR count). The van der Waals surface area contributed by atoms with Crippen molar-refractivity contribution in [2.75, 3.05) is 11.9 Å². The molecule has 0 bridgehead atoms. The van der Waals surface area contributed by atoms with Gasteiger partial charge in [-0.3, -0.25) is 19.2 Å². The molecule has 2 aromatic carbocycles. The number of carbonyl (C=O) groups excluding carboxylic acids is 3. The van der Waals surface area contributed by atoms with Gasteiger partial charge in [-0.25, -0.2) is 4.39 Å². The molecule has 1 aliphatic rings. The normalized spacial score (nSPS) is 15.6. The number of fused-ring (bicyclic) bond motifs is 1. The van der Waals surface area contributed by atoms with Crippen LogP contribution in [0.15, 0.2) is 73.3 Å². The summed E-state index contributed by atoms with van der Waals surface area (Å²) in [6.45, 7) is 11.0. The van der Waals surface area contributed by atoms with Crippen molar-refractivity contribution in [2.24, 2.45) is 0 Å². The van der Waals surface area contributed by atoms with Crippen molar-refractivity contribution >= 4 is 29.1 Å². The first-order valence-corrected chi connectivity index (χ1v) is 10.6. The van der Waals surface area contributed by atoms with Crippen molar-refractivity contribution in [3.63, 3.8) is 0 Å². The van der Waals surface area contributed by atoms with Gasteiger partial charge in [0.2, 0.25) is 11.8 Å². The van der Waals surface area contributed by atoms with Gasteiger partial charge in [0.15, 0.2) is 0 Å². The maximum absolute atomic E-state index is 13.3. The van der Waals surface area contributed by atoms with E-state index < -0.39 is 17.7 Å². The van der Waals surface area contributed by atoms with Crippen LogP contribution < -0.4 is 10.6 Å². The third kappa shape index (κ3) is 5.65. The largest absolute Gasteiger partial charge is 0.351 e. The average molecular weight is 464 g/mol. The predicted octanol–water partition coefficient (Wildman–Crippen LogP) is 4.06. The van der Waals surface area contributed by atoms with Crippen molar-refractivity contribution in [1.29, 1.82) is 0 Å². The van der Waals surface area contributed by atoms with E-state index in [0.717, 1.165) is 10.6 Å². The molecule has 7 nitrogen and oxygen atoms in total. The fraction of sp³-hybridized carbons (Fsp3) is 0.192. The molecule has 1 aliphatic heterocycles. The van der Waals surface area contributed by atoms with Gasteiger partial charge in [-0.15, -0.1) is 0 Å². The predicted molar refractivity (Wildman–Crippen MR) is 128 cm³/mol. The molecular formula is C26H26FN3O4. The van der Waals surface area contributed by atoms with Gasteiger partial charge in [-0.05, 0) is 47.9 Å². The Morgan fingerprint density at radius 2 is 1.88 bits per heavy atom. The summed E-state index contributed by atoms with van der Waals surface area (Å²) in [5, 5.41) is 6.44. The summed E-state index contributed by atoms with van der Waals surface area (Å²) in [6, 6.07) is 10.6. The molecule has 34 heavy (non-hydrogen) atoms. The van der Waals surface area contributed by atoms with Gasteiger partial charge < -0.3 is 10.6 Å². The number of hydrogen-bond donors (Lipinski definition) is 2. The zero-order valence-corrected chi connectivity index (χ0v) is 19.1. The van der Waals surface area contributed by atoms with E-state index in [4.69, 9.17) is 4.84 Å². The zero-order valence-electron chi connectivity index (χ0n) is 19.1. The quantitative estimate of drug-likeness (QED) is 0.457. The third-order valence-electron chi connectivity index (χ3n) is 5.15. The lowest BCUT2D eigenvalue weighted by molar-refractivity contribution is -0.168. The Bertz CT molecular complexity index is 1170. The number of nitrogens with zero attached hydrogens (tertiary/aromatic N) is 1. The number of nitrogens with one attached hydrogen (secondary N) is 2. The second-order valence-electron chi connectivity index (χ2n) is 7.86. The average Bonchev–Trinajstić information content (AvgIpc) is 2.79. The number of amides is 3. The Hall–Kier alpha value is -4.04. The number of anilines is 1. The lowest BCUT2D eigenvalue weighted by Gasteiger charge is -2.34. The van der Waals surface area contributed by atoms with Crippen molar-refractivity contribution in [1.82, 2.24) is 10.4 Å². The van der Waals surface area contributed by atoms with Gasteiger partial charge >= 0.3 is 0 Å². The van der Waals surface area contributed by atoms with Gasteiger partial charge in [0.1, 0.15) is 11.7 Å². The minimum Gasteiger partial charge on any atom is -0.351 e. The van der Waals surface area contributed by atoms with E-state index in [1.807, 2.05) is 6.92 Å². The van der Waals surface area contributed by atoms with Crippen LogP contribution in [0, 0.1) is 5.82 Å². The molecule has 2 N–H and O–H groups in total. The number of rotatable bonds is 8. The van der Waals surface area contributed by atoms with Crippen LogP contribution in [0.5, 0.6) is 0 Å². The minimum absolute atomic E-state index is 0.0847. The van der Waals surface area contributed by atoms with Crippen LogP contribution in [-0.2, 0) is 25.8 Å². The topological polar surface area (TPSA) is 87.7 Å². The van der Waals surface area contributed by atoms with Crippen LogP contribution in [0.1, 0.15) is 36.5 Å². The molecule has 0 aliphatic carbocycles. The van der Waals surface area contributed by atoms with E-state index in [-0.39, 0.29) is 30.6 Å². The first-order chi connectivity index (χ1) is 16.2. The monoisotopic (exact) mass is 463 g/mol. The van der Waals surface area contributed by atoms with Crippen molar-refractivity contribution in [3.8, 4) is 0 Å². The highest BCUT2D eigenvalue weighted by Crippen LogP contribution is 2.37. The fourth-order valence-electron chi connectivity index (χ4n) is 3.54. The van der Waals surface area contributed by atoms with Crippen LogP contribution in [0.3, 0.4) is 0 Å². The molecule has 0 radical (unpaired) electrons. The van der Waals surface area contributed by atoms with Crippen LogP contribution >= 0.6 is 0 Å². The van der Waals surface area contributed by atoms with E-state index >= 15 is 0 Å². The van der Waals surface area contributed by atoms with Gasteiger partial charge in [-0.1, -0.05) is 43.5 Å². The number of halogens is 1. The number of allylic oxidation sites excluding steroid dienone is 2. The van der Waals surface area contributed by atoms with E-state index in [9.17, 15) is 18.8 Å². The molecule has 2 aromatic rings. The Morgan fingerprint density at radius 3 is 2.53 bits per heavy atom. The lowest BCUT2D eigenvalue weighted by Crippen LogP contribution is -2.45. The first kappa shape index (κ1) is 24.6. The van der Waals surface area contributed by atoms with Crippen LogP contribution in [0.4, 0.5) is 10.1 Å². The first-order valence-electron chi connectivity index (χ1n) is 10.6. The Morgan fingerprint density at radius 1 is 1.18 bits per heavy atom. The van der Waals surface area contributed by atoms with Crippen LogP contribution in [0.25, 0.3) is 5.70 Å². The molecule has 8 heteroatoms. The zero-order chi connectivity index (χ0) is 24.8. The molecule has 0 saturated carbocycles. The SMILES string of the molecule is C=C/C=C(\C)CON1C(=C)c2cc(NC(C)=O)ccc2C(C(=O)NCc2ccc(F)cc2)C1=O. The van der Waals surface area contributed by atoms with Gasteiger partial charge in [0, 0.05) is 24.7 Å². The van der Waals surface area contributed by atoms with E-state index in [1.165, 1.54) is 19.1 Å². The van der Waals surface area contributed by atoms with Crippen molar-refractivity contribution in [3.05, 3.63) is 95.9 Å². The standard InChI is InChI=1S/C26H26FN3O4/c1-5-6-16(2)15-34-30-17(3)23-13-21(29-18(4)31)11-12-22(23)24(26(30)33)25(32)28-14-19-7-9-20(27)10-8-19/h5-13,24H,1,3,14-15H2,2,4H3,(H,28,32)(H,29,31)/b16-6+. The van der Waals surface area contributed by atoms with E-state index in [0.29, 0.717) is 22.4 Å². The van der Waals surface area contributed by atoms with Crippen molar-refractivity contribution in [2.45, 2.75) is 26.3 Å². The second kappa shape index (κ2) is 10.7. The summed E-state index contributed by atoms with van der Waals surface area (Å²) >= 11 is 0. The third-order valence-corrected chi connectivity index (χ3v) is 5.15. The van der Waals surface area contributed by atoms with Crippen molar-refractivity contribution < 1.29 is 23.6 Å². The maximum Gasteiger partial charge on any atom is 0.267 e. The second-order valence-corrected chi connectivity index (χ2v) is 7.86. The number of benzene rings is 2. The Labute approximate surface area is 197 Å². The van der Waals surface area contributed by atoms with Gasteiger partial charge in [-0.2, -0.15) is 5.06 Å². The Balaban J connectivity index is 1.92. The van der Waals surface area contributed by atoms with Crippen LogP contribution in [-0.4, -0.2) is 29.4 Å². The smallest absolute Gasteiger partial charge is 0.267 e. The summed E-state index contributed by atoms with van der Waals surface area (Å²) in [6.07, 6.45) is 3.35. The molecule has 1 atom stereocenters. The molecule has 176 valence electrons. The number of carbonyl (C=O) groups is 3. The Kier molecular flexibility index (Phi) is 7.75. The van der Waals surface area contributed by atoms with Gasteiger partial charge in [0.05, 0.1) is 12.3 Å². The van der Waals surface area contributed by atoms with E-state index in [1.54, 1.807) is 42.5 Å². The van der Waals surface area contributed by atoms with E-state index in [2.05, 4.69) is 23.8 Å². The molecule has 3 amide bonds. The fourth-order valence-corrected chi connectivity index (χ4v) is 3.54. The minimum atomic E-state index is -1.20. The molecule has 0 aromatic heterocycles. The highest BCUT2D eigenvalue weighted by atomic mass is 19.1. The molecule has 1 unspecified atom stereocenters. The van der Waals surface area contributed by atoms with Gasteiger partial charge in [0.25, 0.3) is 5.91 Å². The van der Waals surface area contributed by atoms with Crippen LogP contribution in [0.2, 0.25) is 0 Å². The summed E-state index contributed by atoms with van der Waals surface area (Å²) in [5.41, 5.74) is 3.18. The summed E-state index contributed by atoms with van der Waals surface area (Å²) in [5.74, 6) is -2.97.